The molecule has 1 aromatic carbocycles. The van der Waals surface area contributed by atoms with Crippen LogP contribution >= 0.6 is 0 Å². The Bertz CT molecular complexity index is 671. The maximum Gasteiger partial charge on any atom is 0.490 e. The summed E-state index contributed by atoms with van der Waals surface area (Å²) >= 11 is 0. The number of anilines is 1. The fraction of sp³-hybridized carbons (Fsp3) is 0.619. The molecule has 0 radical (unpaired) electrons. The van der Waals surface area contributed by atoms with Gasteiger partial charge in [-0.25, -0.2) is 4.79 Å². The first kappa shape index (κ1) is 24.1. The van der Waals surface area contributed by atoms with E-state index in [-0.39, 0.29) is 5.91 Å². The van der Waals surface area contributed by atoms with Crippen LogP contribution in [0.3, 0.4) is 0 Å². The Morgan fingerprint density at radius 2 is 1.63 bits per heavy atom. The van der Waals surface area contributed by atoms with E-state index >= 15 is 0 Å². The molecule has 168 valence electrons. The van der Waals surface area contributed by atoms with Crippen LogP contribution in [0.15, 0.2) is 30.3 Å². The molecular formula is C21H30F3N3O3. The zero-order valence-electron chi connectivity index (χ0n) is 17.2. The molecule has 2 aliphatic rings. The van der Waals surface area contributed by atoms with Gasteiger partial charge < -0.3 is 15.3 Å². The Morgan fingerprint density at radius 1 is 1.10 bits per heavy atom. The van der Waals surface area contributed by atoms with Crippen LogP contribution in [0.25, 0.3) is 0 Å². The van der Waals surface area contributed by atoms with Crippen LogP contribution in [0.1, 0.15) is 32.6 Å². The lowest BCUT2D eigenvalue weighted by Crippen LogP contribution is -2.51. The van der Waals surface area contributed by atoms with E-state index < -0.39 is 12.1 Å². The van der Waals surface area contributed by atoms with Crippen LogP contribution in [-0.2, 0) is 9.59 Å². The third kappa shape index (κ3) is 7.60. The molecule has 0 bridgehead atoms. The summed E-state index contributed by atoms with van der Waals surface area (Å²) in [6, 6.07) is 10.6. The minimum atomic E-state index is -5.08. The van der Waals surface area contributed by atoms with Crippen molar-refractivity contribution in [3.8, 4) is 0 Å². The van der Waals surface area contributed by atoms with Gasteiger partial charge in [0, 0.05) is 37.9 Å². The maximum atomic E-state index is 13.1. The number of amides is 1. The second-order valence-corrected chi connectivity index (χ2v) is 7.84. The van der Waals surface area contributed by atoms with Crippen molar-refractivity contribution < 1.29 is 27.9 Å². The molecule has 3 rings (SSSR count). The van der Waals surface area contributed by atoms with Gasteiger partial charge in [-0.15, -0.1) is 0 Å². The second-order valence-electron chi connectivity index (χ2n) is 7.84. The number of alkyl halides is 3. The Hall–Kier alpha value is -2.13. The monoisotopic (exact) mass is 429 g/mol. The van der Waals surface area contributed by atoms with Gasteiger partial charge in [-0.2, -0.15) is 13.2 Å². The summed E-state index contributed by atoms with van der Waals surface area (Å²) in [6.45, 7) is 6.78. The maximum absolute atomic E-state index is 13.1. The molecule has 1 amide bonds. The number of hydrogen-bond acceptors (Lipinski definition) is 4. The minimum Gasteiger partial charge on any atom is -0.475 e. The van der Waals surface area contributed by atoms with Crippen LogP contribution in [0.4, 0.5) is 18.9 Å². The SMILES string of the molecule is CC1CCC(N(C(=O)CN2CCNCC2)c2ccccc2)CC1.O=C(O)C(F)(F)F. The van der Waals surface area contributed by atoms with Crippen LogP contribution in [0.2, 0.25) is 0 Å². The zero-order chi connectivity index (χ0) is 22.1. The van der Waals surface area contributed by atoms with Gasteiger partial charge in [0.1, 0.15) is 0 Å². The van der Waals surface area contributed by atoms with Crippen molar-refractivity contribution in [3.05, 3.63) is 30.3 Å². The Morgan fingerprint density at radius 3 is 2.13 bits per heavy atom. The number of carboxylic acid groups (broad SMARTS) is 1. The third-order valence-corrected chi connectivity index (χ3v) is 5.46. The first-order valence-corrected chi connectivity index (χ1v) is 10.3. The van der Waals surface area contributed by atoms with Crippen molar-refractivity contribution >= 4 is 17.6 Å². The van der Waals surface area contributed by atoms with E-state index in [1.165, 1.54) is 12.8 Å². The van der Waals surface area contributed by atoms with Crippen LogP contribution in [-0.4, -0.2) is 66.8 Å². The van der Waals surface area contributed by atoms with Crippen molar-refractivity contribution in [1.82, 2.24) is 10.2 Å². The van der Waals surface area contributed by atoms with Gasteiger partial charge in [-0.3, -0.25) is 9.69 Å². The van der Waals surface area contributed by atoms with Gasteiger partial charge in [-0.05, 0) is 43.7 Å². The number of piperazine rings is 1. The molecule has 1 saturated heterocycles. The van der Waals surface area contributed by atoms with Crippen molar-refractivity contribution in [2.75, 3.05) is 37.6 Å². The van der Waals surface area contributed by atoms with E-state index in [0.29, 0.717) is 12.6 Å². The lowest BCUT2D eigenvalue weighted by molar-refractivity contribution is -0.192. The number of nitrogens with zero attached hydrogens (tertiary/aromatic N) is 2. The fourth-order valence-electron chi connectivity index (χ4n) is 3.78. The van der Waals surface area contributed by atoms with Crippen molar-refractivity contribution in [2.45, 2.75) is 44.8 Å². The van der Waals surface area contributed by atoms with E-state index in [0.717, 1.165) is 50.6 Å². The van der Waals surface area contributed by atoms with Gasteiger partial charge in [-0.1, -0.05) is 25.1 Å². The highest BCUT2D eigenvalue weighted by Gasteiger charge is 2.38. The highest BCUT2D eigenvalue weighted by atomic mass is 19.4. The number of carbonyl (C=O) groups is 2. The highest BCUT2D eigenvalue weighted by molar-refractivity contribution is 5.95. The smallest absolute Gasteiger partial charge is 0.475 e. The first-order chi connectivity index (χ1) is 14.2. The van der Waals surface area contributed by atoms with Crippen LogP contribution < -0.4 is 10.2 Å². The summed E-state index contributed by atoms with van der Waals surface area (Å²) in [5.74, 6) is -1.70. The summed E-state index contributed by atoms with van der Waals surface area (Å²) in [5.41, 5.74) is 1.06. The van der Waals surface area contributed by atoms with Crippen LogP contribution in [0, 0.1) is 5.92 Å². The van der Waals surface area contributed by atoms with Gasteiger partial charge >= 0.3 is 12.1 Å². The summed E-state index contributed by atoms with van der Waals surface area (Å²) in [6.07, 6.45) is -0.365. The van der Waals surface area contributed by atoms with Crippen LogP contribution in [0.5, 0.6) is 0 Å². The fourth-order valence-corrected chi connectivity index (χ4v) is 3.78. The van der Waals surface area contributed by atoms with E-state index in [1.54, 1.807) is 0 Å². The third-order valence-electron chi connectivity index (χ3n) is 5.46. The Kier molecular flexibility index (Phi) is 9.10. The van der Waals surface area contributed by atoms with E-state index in [9.17, 15) is 18.0 Å². The van der Waals surface area contributed by atoms with Gasteiger partial charge in [0.25, 0.3) is 0 Å². The normalized spacial score (nSPS) is 22.5. The molecule has 30 heavy (non-hydrogen) atoms. The van der Waals surface area contributed by atoms with Crippen molar-refractivity contribution in [2.24, 2.45) is 5.92 Å². The summed E-state index contributed by atoms with van der Waals surface area (Å²) in [4.78, 5) is 26.3. The largest absolute Gasteiger partial charge is 0.490 e. The average molecular weight is 429 g/mol. The summed E-state index contributed by atoms with van der Waals surface area (Å²) in [7, 11) is 0. The number of aliphatic carboxylic acids is 1. The first-order valence-electron chi connectivity index (χ1n) is 10.3. The quantitative estimate of drug-likeness (QED) is 0.770. The molecule has 9 heteroatoms. The molecule has 2 fully saturated rings. The molecule has 1 heterocycles. The zero-order valence-corrected chi connectivity index (χ0v) is 17.2. The molecule has 1 saturated carbocycles. The molecule has 2 N–H and O–H groups in total. The molecule has 6 nitrogen and oxygen atoms in total. The topological polar surface area (TPSA) is 72.9 Å². The van der Waals surface area contributed by atoms with E-state index in [1.807, 2.05) is 18.2 Å². The molecule has 0 unspecified atom stereocenters. The summed E-state index contributed by atoms with van der Waals surface area (Å²) in [5, 5.41) is 10.5. The number of para-hydroxylation sites is 1. The highest BCUT2D eigenvalue weighted by Crippen LogP contribution is 2.30. The summed E-state index contributed by atoms with van der Waals surface area (Å²) < 4.78 is 31.7. The van der Waals surface area contributed by atoms with Gasteiger partial charge in [0.15, 0.2) is 0 Å². The second kappa shape index (κ2) is 11.3. The number of halogens is 3. The predicted molar refractivity (Wildman–Crippen MR) is 108 cm³/mol. The molecule has 1 aromatic rings. The number of carbonyl (C=O) groups excluding carboxylic acids is 1. The standard InChI is InChI=1S/C19H29N3O.C2HF3O2/c1-16-7-9-18(10-8-16)22(17-5-3-2-4-6-17)19(23)15-21-13-11-20-12-14-21;3-2(4,5)1(6)7/h2-6,16,18,20H,7-15H2,1H3;(H,6,7). The Labute approximate surface area is 175 Å². The van der Waals surface area contributed by atoms with Crippen molar-refractivity contribution in [1.29, 1.82) is 0 Å². The molecule has 1 aliphatic heterocycles. The molecule has 1 aliphatic carbocycles. The number of hydrogen-bond donors (Lipinski definition) is 2. The Balaban J connectivity index is 0.000000396. The molecule has 0 atom stereocenters. The van der Waals surface area contributed by atoms with Gasteiger partial charge in [0.05, 0.1) is 6.54 Å². The molecule has 0 aromatic heterocycles. The molecule has 0 spiro atoms. The van der Waals surface area contributed by atoms with Gasteiger partial charge in [0.2, 0.25) is 5.91 Å². The number of benzene rings is 1. The number of carboxylic acids is 1. The van der Waals surface area contributed by atoms with E-state index in [4.69, 9.17) is 9.90 Å². The molecular weight excluding hydrogens is 399 g/mol. The number of nitrogens with one attached hydrogen (secondary N) is 1. The lowest BCUT2D eigenvalue weighted by Gasteiger charge is -2.38. The average Bonchev–Trinajstić information content (AvgIpc) is 2.71. The minimum absolute atomic E-state index is 0.262. The van der Waals surface area contributed by atoms with E-state index in [2.05, 4.69) is 34.2 Å². The number of rotatable bonds is 4. The van der Waals surface area contributed by atoms with Crippen molar-refractivity contribution in [3.63, 3.8) is 0 Å². The lowest BCUT2D eigenvalue weighted by atomic mass is 9.86. The predicted octanol–water partition coefficient (Wildman–Crippen LogP) is 3.14.